The van der Waals surface area contributed by atoms with Gasteiger partial charge in [0.15, 0.2) is 0 Å². The summed E-state index contributed by atoms with van der Waals surface area (Å²) < 4.78 is 0. The third-order valence-electron chi connectivity index (χ3n) is 1.84. The van der Waals surface area contributed by atoms with E-state index in [1.807, 2.05) is 0 Å². The molecule has 9 nitrogen and oxygen atoms in total. The van der Waals surface area contributed by atoms with Crippen molar-refractivity contribution < 1.29 is 29.7 Å². The van der Waals surface area contributed by atoms with Gasteiger partial charge >= 0.3 is 17.9 Å². The molecule has 0 aliphatic rings. The minimum atomic E-state index is -1.06. The maximum Gasteiger partial charge on any atom is 0.320 e. The average molecular weight is 279 g/mol. The zero-order valence-corrected chi connectivity index (χ0v) is 10.5. The lowest BCUT2D eigenvalue weighted by molar-refractivity contribution is -0.139. The lowest BCUT2D eigenvalue weighted by Gasteiger charge is -2.03. The molecule has 0 radical (unpaired) electrons. The third-order valence-corrected chi connectivity index (χ3v) is 1.84. The summed E-state index contributed by atoms with van der Waals surface area (Å²) in [7, 11) is 0. The van der Waals surface area contributed by atoms with Gasteiger partial charge in [0.25, 0.3) is 0 Å². The van der Waals surface area contributed by atoms with Crippen molar-refractivity contribution in [2.75, 3.05) is 19.6 Å². The van der Waals surface area contributed by atoms with Crippen LogP contribution in [0.1, 0.15) is 19.3 Å². The summed E-state index contributed by atoms with van der Waals surface area (Å²) in [6.07, 6.45) is 2.16. The number of hydrogen-bond donors (Lipinski definition) is 6. The van der Waals surface area contributed by atoms with Gasteiger partial charge in [-0.2, -0.15) is 0 Å². The zero-order valence-electron chi connectivity index (χ0n) is 10.5. The van der Waals surface area contributed by atoms with Crippen LogP contribution >= 0.6 is 0 Å². The van der Waals surface area contributed by atoms with Crippen LogP contribution in [0.15, 0.2) is 0 Å². The molecular weight excluding hydrogens is 258 g/mol. The van der Waals surface area contributed by atoms with Crippen LogP contribution in [0.25, 0.3) is 0 Å². The Morgan fingerprint density at radius 3 is 1.79 bits per heavy atom. The first-order valence-corrected chi connectivity index (χ1v) is 5.64. The van der Waals surface area contributed by atoms with Gasteiger partial charge in [-0.3, -0.25) is 19.7 Å². The summed E-state index contributed by atoms with van der Waals surface area (Å²) in [5, 5.41) is 26.5. The molecule has 0 spiro atoms. The molecule has 0 bridgehead atoms. The van der Waals surface area contributed by atoms with Crippen molar-refractivity contribution in [1.82, 2.24) is 5.32 Å². The summed E-state index contributed by atoms with van der Waals surface area (Å²) >= 11 is 0. The highest BCUT2D eigenvalue weighted by molar-refractivity contribution is 5.73. The summed E-state index contributed by atoms with van der Waals surface area (Å²) in [4.78, 5) is 29.6. The third kappa shape index (κ3) is 18.8. The first-order valence-electron chi connectivity index (χ1n) is 5.64. The second-order valence-electron chi connectivity index (χ2n) is 3.62. The minimum Gasteiger partial charge on any atom is -0.480 e. The van der Waals surface area contributed by atoms with Gasteiger partial charge in [0, 0.05) is 0 Å². The molecule has 0 fully saturated rings. The predicted octanol–water partition coefficient (Wildman–Crippen LogP) is -1.73. The van der Waals surface area contributed by atoms with Crippen molar-refractivity contribution in [1.29, 1.82) is 0 Å². The number of hydrogen-bond acceptors (Lipinski definition) is 6. The number of carboxylic acid groups (broad SMARTS) is 3. The lowest BCUT2D eigenvalue weighted by atomic mass is 10.1. The van der Waals surface area contributed by atoms with Gasteiger partial charge in [0.1, 0.15) is 6.04 Å². The van der Waals surface area contributed by atoms with E-state index in [-0.39, 0.29) is 13.1 Å². The van der Waals surface area contributed by atoms with Gasteiger partial charge in [-0.1, -0.05) is 6.42 Å². The lowest BCUT2D eigenvalue weighted by Crippen LogP contribution is -2.29. The van der Waals surface area contributed by atoms with Gasteiger partial charge in [-0.05, 0) is 19.4 Å². The Morgan fingerprint density at radius 1 is 1.00 bits per heavy atom. The Hall–Kier alpha value is -1.71. The van der Waals surface area contributed by atoms with Crippen LogP contribution in [0.4, 0.5) is 0 Å². The molecule has 19 heavy (non-hydrogen) atoms. The van der Waals surface area contributed by atoms with E-state index in [4.69, 9.17) is 26.8 Å². The van der Waals surface area contributed by atoms with E-state index in [1.54, 1.807) is 0 Å². The Bertz CT molecular complexity index is 270. The van der Waals surface area contributed by atoms with Crippen LogP contribution in [-0.4, -0.2) is 58.9 Å². The van der Waals surface area contributed by atoms with E-state index >= 15 is 0 Å². The normalized spacial score (nSPS) is 11.1. The Morgan fingerprint density at radius 2 is 1.47 bits per heavy atom. The minimum absolute atomic E-state index is 0.313. The molecule has 0 aromatic heterocycles. The number of nitrogens with two attached hydrogens (primary N) is 2. The molecule has 0 amide bonds. The molecule has 0 heterocycles. The van der Waals surface area contributed by atoms with Crippen molar-refractivity contribution in [2.24, 2.45) is 11.5 Å². The summed E-state index contributed by atoms with van der Waals surface area (Å²) in [5.41, 5.74) is 10.4. The highest BCUT2D eigenvalue weighted by Crippen LogP contribution is 1.96. The molecule has 0 aliphatic heterocycles. The largest absolute Gasteiger partial charge is 0.480 e. The molecule has 9 heteroatoms. The molecule has 0 saturated heterocycles. The first kappa shape index (κ1) is 19.6. The van der Waals surface area contributed by atoms with Gasteiger partial charge in [0.2, 0.25) is 0 Å². The summed E-state index contributed by atoms with van der Waals surface area (Å²) in [5.74, 6) is -3.05. The fourth-order valence-electron chi connectivity index (χ4n) is 0.908. The maximum atomic E-state index is 10.1. The first-order chi connectivity index (χ1) is 8.81. The SMILES string of the molecule is NCCCCC(N)C(=O)O.O=C(O)CNCC(=O)O. The molecule has 112 valence electrons. The molecule has 1 atom stereocenters. The van der Waals surface area contributed by atoms with Crippen LogP contribution in [0.5, 0.6) is 0 Å². The van der Waals surface area contributed by atoms with Crippen molar-refractivity contribution in [3.63, 3.8) is 0 Å². The Labute approximate surface area is 110 Å². The number of rotatable bonds is 9. The predicted molar refractivity (Wildman–Crippen MR) is 66.7 cm³/mol. The molecule has 0 aromatic carbocycles. The van der Waals surface area contributed by atoms with E-state index in [0.29, 0.717) is 13.0 Å². The van der Waals surface area contributed by atoms with Crippen LogP contribution in [0.2, 0.25) is 0 Å². The number of carboxylic acids is 3. The fourth-order valence-corrected chi connectivity index (χ4v) is 0.908. The second kappa shape index (κ2) is 12.7. The molecule has 1 unspecified atom stereocenters. The number of nitrogens with one attached hydrogen (secondary N) is 1. The molecule has 0 rings (SSSR count). The number of unbranched alkanes of at least 4 members (excludes halogenated alkanes) is 1. The van der Waals surface area contributed by atoms with Crippen molar-refractivity contribution in [3.8, 4) is 0 Å². The highest BCUT2D eigenvalue weighted by Gasteiger charge is 2.09. The van der Waals surface area contributed by atoms with Gasteiger partial charge in [-0.15, -0.1) is 0 Å². The monoisotopic (exact) mass is 279 g/mol. The van der Waals surface area contributed by atoms with Crippen LogP contribution < -0.4 is 16.8 Å². The number of carbonyl (C=O) groups is 3. The Balaban J connectivity index is 0. The highest BCUT2D eigenvalue weighted by atomic mass is 16.4. The molecule has 0 saturated carbocycles. The maximum absolute atomic E-state index is 10.1. The summed E-state index contributed by atoms with van der Waals surface area (Å²) in [6.45, 7) is -0.0229. The van der Waals surface area contributed by atoms with Crippen LogP contribution in [-0.2, 0) is 14.4 Å². The van der Waals surface area contributed by atoms with Crippen LogP contribution in [0, 0.1) is 0 Å². The van der Waals surface area contributed by atoms with E-state index in [2.05, 4.69) is 5.32 Å². The van der Waals surface area contributed by atoms with Crippen molar-refractivity contribution in [3.05, 3.63) is 0 Å². The zero-order chi connectivity index (χ0) is 15.3. The average Bonchev–Trinajstić information content (AvgIpc) is 2.28. The second-order valence-corrected chi connectivity index (χ2v) is 3.62. The molecule has 0 aromatic rings. The van der Waals surface area contributed by atoms with E-state index < -0.39 is 23.9 Å². The van der Waals surface area contributed by atoms with E-state index in [1.165, 1.54) is 0 Å². The van der Waals surface area contributed by atoms with Gasteiger partial charge in [-0.25, -0.2) is 0 Å². The smallest absolute Gasteiger partial charge is 0.320 e. The summed E-state index contributed by atoms with van der Waals surface area (Å²) in [6, 6.07) is -0.716. The Kier molecular flexibility index (Phi) is 13.2. The quantitative estimate of drug-likeness (QED) is 0.268. The fraction of sp³-hybridized carbons (Fsp3) is 0.700. The van der Waals surface area contributed by atoms with Crippen molar-refractivity contribution >= 4 is 17.9 Å². The molecule has 8 N–H and O–H groups in total. The van der Waals surface area contributed by atoms with Crippen molar-refractivity contribution in [2.45, 2.75) is 25.3 Å². The van der Waals surface area contributed by atoms with E-state index in [9.17, 15) is 14.4 Å². The molecule has 0 aliphatic carbocycles. The molecular formula is C10H21N3O6. The topological polar surface area (TPSA) is 176 Å². The number of aliphatic carboxylic acids is 3. The standard InChI is InChI=1S/C6H14N2O2.C4H7NO4/c7-4-2-1-3-5(8)6(9)10;6-3(7)1-5-2-4(8)9/h5H,1-4,7-8H2,(H,9,10);5H,1-2H2,(H,6,7)(H,8,9). The van der Waals surface area contributed by atoms with Crippen LogP contribution in [0.3, 0.4) is 0 Å². The van der Waals surface area contributed by atoms with E-state index in [0.717, 1.165) is 12.8 Å². The van der Waals surface area contributed by atoms with Gasteiger partial charge in [0.05, 0.1) is 13.1 Å². The van der Waals surface area contributed by atoms with Gasteiger partial charge < -0.3 is 26.8 Å².